The minimum atomic E-state index is -0.418. The van der Waals surface area contributed by atoms with Crippen molar-refractivity contribution in [2.45, 2.75) is 19.1 Å². The van der Waals surface area contributed by atoms with Gasteiger partial charge in [0.05, 0.1) is 17.7 Å². The summed E-state index contributed by atoms with van der Waals surface area (Å²) in [6.07, 6.45) is -0.418. The first-order valence-corrected chi connectivity index (χ1v) is 7.72. The fraction of sp³-hybridized carbons (Fsp3) is 0.471. The molecule has 110 valence electrons. The minimum absolute atomic E-state index is 0.225. The lowest BCUT2D eigenvalue weighted by Crippen LogP contribution is -2.62. The lowest BCUT2D eigenvalue weighted by Gasteiger charge is -2.49. The van der Waals surface area contributed by atoms with E-state index in [1.807, 2.05) is 25.1 Å². The van der Waals surface area contributed by atoms with Crippen LogP contribution in [0.1, 0.15) is 17.4 Å². The zero-order valence-electron chi connectivity index (χ0n) is 12.4. The van der Waals surface area contributed by atoms with E-state index in [4.69, 9.17) is 0 Å². The van der Waals surface area contributed by atoms with Crippen LogP contribution in [0.4, 0.5) is 0 Å². The van der Waals surface area contributed by atoms with Crippen molar-refractivity contribution >= 4 is 10.9 Å². The number of fused-ring (bicyclic) bond motifs is 4. The molecule has 1 aromatic heterocycles. The number of pyridine rings is 1. The Morgan fingerprint density at radius 3 is 2.67 bits per heavy atom. The van der Waals surface area contributed by atoms with Gasteiger partial charge in [-0.2, -0.15) is 0 Å². The van der Waals surface area contributed by atoms with Gasteiger partial charge in [0.1, 0.15) is 0 Å². The average Bonchev–Trinajstić information content (AvgIpc) is 2.54. The Bertz CT molecular complexity index is 664. The summed E-state index contributed by atoms with van der Waals surface area (Å²) in [6.45, 7) is 7.43. The van der Waals surface area contributed by atoms with Crippen molar-refractivity contribution in [2.24, 2.45) is 0 Å². The molecule has 4 heteroatoms. The lowest BCUT2D eigenvalue weighted by atomic mass is 9.95. The largest absolute Gasteiger partial charge is 0.387 e. The summed E-state index contributed by atoms with van der Waals surface area (Å²) < 4.78 is 0. The van der Waals surface area contributed by atoms with E-state index in [0.29, 0.717) is 0 Å². The predicted octanol–water partition coefficient (Wildman–Crippen LogP) is 1.58. The Hall–Kier alpha value is -1.49. The molecule has 21 heavy (non-hydrogen) atoms. The lowest BCUT2D eigenvalue weighted by molar-refractivity contribution is -0.0470. The van der Waals surface area contributed by atoms with Crippen LogP contribution in [0.2, 0.25) is 0 Å². The van der Waals surface area contributed by atoms with Crippen molar-refractivity contribution in [1.29, 1.82) is 0 Å². The zero-order chi connectivity index (χ0) is 14.4. The first kappa shape index (κ1) is 13.2. The Balaban J connectivity index is 1.64. The molecule has 0 radical (unpaired) electrons. The number of aryl methyl sites for hydroxylation is 1. The molecule has 0 amide bonds. The molecule has 1 N–H and O–H groups in total. The molecule has 5 rings (SSSR count). The molecule has 0 spiro atoms. The van der Waals surface area contributed by atoms with Gasteiger partial charge in [-0.15, -0.1) is 0 Å². The fourth-order valence-corrected chi connectivity index (χ4v) is 3.61. The molecule has 2 aromatic rings. The van der Waals surface area contributed by atoms with Gasteiger partial charge in [0.15, 0.2) is 0 Å². The Kier molecular flexibility index (Phi) is 3.17. The molecule has 3 aliphatic rings. The standard InChI is InChI=1S/C17H21N3O/c1-12-2-3-13-10-14(4-5-15(13)18-12)17(21)16-11-19-6-8-20(16)9-7-19/h2-5,10,16-17,21H,6-9,11H2,1H3. The SMILES string of the molecule is Cc1ccc2cc(C(O)C3CN4CCN3CC4)ccc2n1. The topological polar surface area (TPSA) is 39.6 Å². The van der Waals surface area contributed by atoms with E-state index in [1.165, 1.54) is 0 Å². The number of benzene rings is 1. The molecule has 3 saturated heterocycles. The monoisotopic (exact) mass is 283 g/mol. The maximum atomic E-state index is 10.8. The van der Waals surface area contributed by atoms with Crippen LogP contribution >= 0.6 is 0 Å². The maximum Gasteiger partial charge on any atom is 0.0957 e. The highest BCUT2D eigenvalue weighted by molar-refractivity contribution is 5.79. The number of nitrogens with zero attached hydrogens (tertiary/aromatic N) is 3. The third-order valence-electron chi connectivity index (χ3n) is 4.88. The molecule has 0 aliphatic carbocycles. The van der Waals surface area contributed by atoms with E-state index in [1.54, 1.807) is 0 Å². The van der Waals surface area contributed by atoms with Crippen LogP contribution in [0.25, 0.3) is 10.9 Å². The maximum absolute atomic E-state index is 10.8. The molecule has 1 aromatic carbocycles. The highest BCUT2D eigenvalue weighted by Gasteiger charge is 2.36. The van der Waals surface area contributed by atoms with E-state index in [9.17, 15) is 5.11 Å². The number of rotatable bonds is 2. The first-order valence-electron chi connectivity index (χ1n) is 7.72. The third-order valence-corrected chi connectivity index (χ3v) is 4.88. The average molecular weight is 283 g/mol. The second kappa shape index (κ2) is 5.05. The van der Waals surface area contributed by atoms with Crippen LogP contribution in [0.5, 0.6) is 0 Å². The fourth-order valence-electron chi connectivity index (χ4n) is 3.61. The van der Waals surface area contributed by atoms with Crippen molar-refractivity contribution in [2.75, 3.05) is 32.7 Å². The smallest absolute Gasteiger partial charge is 0.0957 e. The first-order chi connectivity index (χ1) is 10.2. The van der Waals surface area contributed by atoms with Crippen molar-refractivity contribution in [1.82, 2.24) is 14.8 Å². The normalized spacial score (nSPS) is 29.7. The summed E-state index contributed by atoms with van der Waals surface area (Å²) in [5.74, 6) is 0. The Labute approximate surface area is 125 Å². The second-order valence-electron chi connectivity index (χ2n) is 6.25. The summed E-state index contributed by atoms with van der Waals surface area (Å²) in [4.78, 5) is 9.42. The summed E-state index contributed by atoms with van der Waals surface area (Å²) in [6, 6.07) is 10.5. The predicted molar refractivity (Wildman–Crippen MR) is 83.2 cm³/mol. The molecule has 3 fully saturated rings. The highest BCUT2D eigenvalue weighted by Crippen LogP contribution is 2.28. The molecule has 2 unspecified atom stereocenters. The summed E-state index contributed by atoms with van der Waals surface area (Å²) >= 11 is 0. The van der Waals surface area contributed by atoms with Crippen LogP contribution in [-0.2, 0) is 0 Å². The van der Waals surface area contributed by atoms with Gasteiger partial charge < -0.3 is 5.11 Å². The van der Waals surface area contributed by atoms with Gasteiger partial charge in [0, 0.05) is 43.8 Å². The van der Waals surface area contributed by atoms with Gasteiger partial charge in [-0.05, 0) is 30.7 Å². The van der Waals surface area contributed by atoms with Gasteiger partial charge in [-0.3, -0.25) is 14.8 Å². The summed E-state index contributed by atoms with van der Waals surface area (Å²) in [5, 5.41) is 11.9. The van der Waals surface area contributed by atoms with Gasteiger partial charge in [0.2, 0.25) is 0 Å². The van der Waals surface area contributed by atoms with Gasteiger partial charge in [0.25, 0.3) is 0 Å². The Morgan fingerprint density at radius 1 is 1.14 bits per heavy atom. The number of hydrogen-bond donors (Lipinski definition) is 1. The quantitative estimate of drug-likeness (QED) is 0.908. The summed E-state index contributed by atoms with van der Waals surface area (Å²) in [7, 11) is 0. The van der Waals surface area contributed by atoms with E-state index < -0.39 is 6.10 Å². The molecule has 2 bridgehead atoms. The van der Waals surface area contributed by atoms with Gasteiger partial charge in [-0.25, -0.2) is 0 Å². The molecule has 0 saturated carbocycles. The van der Waals surface area contributed by atoms with Crippen LogP contribution in [0.15, 0.2) is 30.3 Å². The molecular formula is C17H21N3O. The van der Waals surface area contributed by atoms with Crippen LogP contribution in [-0.4, -0.2) is 58.7 Å². The number of hydrogen-bond acceptors (Lipinski definition) is 4. The molecule has 2 atom stereocenters. The number of piperazine rings is 3. The van der Waals surface area contributed by atoms with E-state index in [-0.39, 0.29) is 6.04 Å². The van der Waals surface area contributed by atoms with Crippen LogP contribution in [0.3, 0.4) is 0 Å². The van der Waals surface area contributed by atoms with Gasteiger partial charge >= 0.3 is 0 Å². The molecule has 4 nitrogen and oxygen atoms in total. The molecule has 4 heterocycles. The number of aliphatic hydroxyl groups is 1. The Morgan fingerprint density at radius 2 is 1.95 bits per heavy atom. The number of aromatic nitrogens is 1. The minimum Gasteiger partial charge on any atom is -0.387 e. The van der Waals surface area contributed by atoms with Crippen LogP contribution in [0, 0.1) is 6.92 Å². The van der Waals surface area contributed by atoms with E-state index >= 15 is 0 Å². The van der Waals surface area contributed by atoms with Crippen molar-refractivity contribution in [3.8, 4) is 0 Å². The van der Waals surface area contributed by atoms with Crippen molar-refractivity contribution in [3.05, 3.63) is 41.6 Å². The third kappa shape index (κ3) is 2.33. The molecule has 3 aliphatic heterocycles. The number of aliphatic hydroxyl groups excluding tert-OH is 1. The zero-order valence-corrected chi connectivity index (χ0v) is 12.4. The van der Waals surface area contributed by atoms with E-state index in [0.717, 1.165) is 54.9 Å². The highest BCUT2D eigenvalue weighted by atomic mass is 16.3. The van der Waals surface area contributed by atoms with Crippen LogP contribution < -0.4 is 0 Å². The van der Waals surface area contributed by atoms with E-state index in [2.05, 4.69) is 26.9 Å². The summed E-state index contributed by atoms with van der Waals surface area (Å²) in [5.41, 5.74) is 3.03. The van der Waals surface area contributed by atoms with Crippen molar-refractivity contribution < 1.29 is 5.11 Å². The second-order valence-corrected chi connectivity index (χ2v) is 6.25. The molecular weight excluding hydrogens is 262 g/mol. The van der Waals surface area contributed by atoms with Crippen molar-refractivity contribution in [3.63, 3.8) is 0 Å². The van der Waals surface area contributed by atoms with Gasteiger partial charge in [-0.1, -0.05) is 12.1 Å².